The molecule has 108 valence electrons. The maximum Gasteiger partial charge on any atom is 0.111 e. The second kappa shape index (κ2) is 5.34. The van der Waals surface area contributed by atoms with Gasteiger partial charge in [-0.2, -0.15) is 0 Å². The lowest BCUT2D eigenvalue weighted by molar-refractivity contribution is 0.358. The molecule has 0 aliphatic heterocycles. The highest BCUT2D eigenvalue weighted by Gasteiger charge is 2.33. The third kappa shape index (κ3) is 2.62. The van der Waals surface area contributed by atoms with E-state index in [0.717, 1.165) is 22.2 Å². The van der Waals surface area contributed by atoms with Crippen molar-refractivity contribution in [3.8, 4) is 0 Å². The molecule has 0 amide bonds. The lowest BCUT2D eigenvalue weighted by atomic mass is 9.92. The van der Waals surface area contributed by atoms with Crippen molar-refractivity contribution in [1.29, 1.82) is 0 Å². The molecular weight excluding hydrogens is 336 g/mol. The van der Waals surface area contributed by atoms with Crippen molar-refractivity contribution >= 4 is 38.6 Å². The maximum absolute atomic E-state index is 5.97. The molecule has 3 rings (SSSR count). The van der Waals surface area contributed by atoms with E-state index in [4.69, 9.17) is 16.6 Å². The van der Waals surface area contributed by atoms with Gasteiger partial charge in [0.2, 0.25) is 0 Å². The molecule has 0 N–H and O–H groups in total. The molecular formula is C16H20BrClN2. The highest BCUT2D eigenvalue weighted by molar-refractivity contribution is 9.10. The molecule has 4 heteroatoms. The van der Waals surface area contributed by atoms with Crippen molar-refractivity contribution in [3.63, 3.8) is 0 Å². The van der Waals surface area contributed by atoms with Gasteiger partial charge in [0.15, 0.2) is 0 Å². The van der Waals surface area contributed by atoms with Gasteiger partial charge in [-0.05, 0) is 42.9 Å². The van der Waals surface area contributed by atoms with Crippen LogP contribution in [0.1, 0.15) is 45.0 Å². The average Bonchev–Trinajstić information content (AvgIpc) is 2.89. The van der Waals surface area contributed by atoms with Crippen molar-refractivity contribution in [2.45, 2.75) is 45.6 Å². The van der Waals surface area contributed by atoms with Crippen molar-refractivity contribution in [2.24, 2.45) is 5.41 Å². The number of nitrogens with zero attached hydrogens (tertiary/aromatic N) is 2. The van der Waals surface area contributed by atoms with Crippen molar-refractivity contribution in [3.05, 3.63) is 28.5 Å². The van der Waals surface area contributed by atoms with Crippen molar-refractivity contribution in [1.82, 2.24) is 9.55 Å². The van der Waals surface area contributed by atoms with Crippen LogP contribution in [0.15, 0.2) is 22.7 Å². The quantitative estimate of drug-likeness (QED) is 0.680. The van der Waals surface area contributed by atoms with Crippen LogP contribution in [-0.2, 0) is 6.42 Å². The zero-order valence-corrected chi connectivity index (χ0v) is 14.3. The van der Waals surface area contributed by atoms with Gasteiger partial charge in [0.25, 0.3) is 0 Å². The Morgan fingerprint density at radius 3 is 2.90 bits per heavy atom. The molecule has 1 saturated carbocycles. The first kappa shape index (κ1) is 14.4. The number of alkyl halides is 1. The first-order valence-electron chi connectivity index (χ1n) is 7.22. The Morgan fingerprint density at radius 2 is 2.25 bits per heavy atom. The summed E-state index contributed by atoms with van der Waals surface area (Å²) in [5, 5.41) is 0. The molecule has 2 aromatic rings. The van der Waals surface area contributed by atoms with Crippen LogP contribution in [0.3, 0.4) is 0 Å². The minimum atomic E-state index is 0.436. The summed E-state index contributed by atoms with van der Waals surface area (Å²) in [7, 11) is 0. The van der Waals surface area contributed by atoms with E-state index in [0.29, 0.717) is 17.3 Å². The number of aromatic nitrogens is 2. The number of rotatable bonds is 3. The molecule has 20 heavy (non-hydrogen) atoms. The first-order chi connectivity index (χ1) is 9.50. The predicted molar refractivity (Wildman–Crippen MR) is 88.5 cm³/mol. The maximum atomic E-state index is 5.97. The molecule has 1 aromatic heterocycles. The van der Waals surface area contributed by atoms with Gasteiger partial charge in [0, 0.05) is 22.8 Å². The number of fused-ring (bicyclic) bond motifs is 1. The number of hydrogen-bond acceptors (Lipinski definition) is 1. The summed E-state index contributed by atoms with van der Waals surface area (Å²) in [6.45, 7) is 4.73. The van der Waals surface area contributed by atoms with E-state index in [-0.39, 0.29) is 0 Å². The Balaban J connectivity index is 2.11. The molecule has 0 saturated heterocycles. The van der Waals surface area contributed by atoms with Gasteiger partial charge in [-0.15, -0.1) is 11.6 Å². The summed E-state index contributed by atoms with van der Waals surface area (Å²) in [6, 6.07) is 6.89. The summed E-state index contributed by atoms with van der Waals surface area (Å²) in [6.07, 6.45) is 4.58. The summed E-state index contributed by atoms with van der Waals surface area (Å²) in [5.41, 5.74) is 2.76. The van der Waals surface area contributed by atoms with E-state index in [2.05, 4.69) is 52.5 Å². The highest BCUT2D eigenvalue weighted by Crippen LogP contribution is 2.45. The molecule has 0 radical (unpaired) electrons. The van der Waals surface area contributed by atoms with Crippen LogP contribution in [0.4, 0.5) is 0 Å². The van der Waals surface area contributed by atoms with Gasteiger partial charge in [-0.1, -0.05) is 29.8 Å². The van der Waals surface area contributed by atoms with Crippen LogP contribution in [0.2, 0.25) is 0 Å². The zero-order chi connectivity index (χ0) is 14.3. The lowest BCUT2D eigenvalue weighted by Crippen LogP contribution is -2.12. The van der Waals surface area contributed by atoms with E-state index in [9.17, 15) is 0 Å². The first-order valence-corrected chi connectivity index (χ1v) is 8.55. The fourth-order valence-electron chi connectivity index (χ4n) is 3.40. The van der Waals surface area contributed by atoms with Gasteiger partial charge < -0.3 is 4.57 Å². The van der Waals surface area contributed by atoms with Crippen LogP contribution < -0.4 is 0 Å². The van der Waals surface area contributed by atoms with Gasteiger partial charge in [-0.3, -0.25) is 0 Å². The second-order valence-electron chi connectivity index (χ2n) is 6.53. The Bertz CT molecular complexity index is 633. The summed E-state index contributed by atoms with van der Waals surface area (Å²) in [4.78, 5) is 4.79. The van der Waals surface area contributed by atoms with Gasteiger partial charge in [0.05, 0.1) is 11.0 Å². The Morgan fingerprint density at radius 1 is 1.45 bits per heavy atom. The Hall–Kier alpha value is -0.540. The normalized spacial score (nSPS) is 21.7. The minimum absolute atomic E-state index is 0.436. The molecule has 1 unspecified atom stereocenters. The monoisotopic (exact) mass is 354 g/mol. The smallest absolute Gasteiger partial charge is 0.111 e. The van der Waals surface area contributed by atoms with E-state index in [1.165, 1.54) is 24.8 Å². The summed E-state index contributed by atoms with van der Waals surface area (Å²) < 4.78 is 3.55. The van der Waals surface area contributed by atoms with E-state index < -0.39 is 0 Å². The van der Waals surface area contributed by atoms with Crippen molar-refractivity contribution < 1.29 is 0 Å². The number of aryl methyl sites for hydroxylation is 1. The summed E-state index contributed by atoms with van der Waals surface area (Å²) in [5.74, 6) is 1.76. The van der Waals surface area contributed by atoms with Crippen LogP contribution in [0.5, 0.6) is 0 Å². The standard InChI is InChI=1S/C16H20BrClN2/c1-16(2)7-5-12(10-16)20-14-9-11(17)3-4-13(14)19-15(20)6-8-18/h3-4,9,12H,5-8,10H2,1-2H3. The third-order valence-corrected chi connectivity index (χ3v) is 5.03. The fraction of sp³-hybridized carbons (Fsp3) is 0.562. The molecule has 0 spiro atoms. The largest absolute Gasteiger partial charge is 0.325 e. The summed E-state index contributed by atoms with van der Waals surface area (Å²) >= 11 is 9.55. The van der Waals surface area contributed by atoms with Crippen LogP contribution in [-0.4, -0.2) is 15.4 Å². The minimum Gasteiger partial charge on any atom is -0.325 e. The molecule has 1 heterocycles. The molecule has 1 fully saturated rings. The van der Waals surface area contributed by atoms with Crippen LogP contribution in [0.25, 0.3) is 11.0 Å². The Kier molecular flexibility index (Phi) is 3.85. The topological polar surface area (TPSA) is 17.8 Å². The van der Waals surface area contributed by atoms with Crippen LogP contribution in [0, 0.1) is 5.41 Å². The predicted octanol–water partition coefficient (Wildman–Crippen LogP) is 5.33. The lowest BCUT2D eigenvalue weighted by Gasteiger charge is -2.20. The van der Waals surface area contributed by atoms with Crippen molar-refractivity contribution in [2.75, 3.05) is 5.88 Å². The Labute approximate surface area is 133 Å². The molecule has 1 aromatic carbocycles. The highest BCUT2D eigenvalue weighted by atomic mass is 79.9. The molecule has 1 atom stereocenters. The molecule has 1 aliphatic rings. The molecule has 0 bridgehead atoms. The number of benzene rings is 1. The molecule has 2 nitrogen and oxygen atoms in total. The third-order valence-electron chi connectivity index (χ3n) is 4.35. The number of imidazole rings is 1. The van der Waals surface area contributed by atoms with E-state index in [1.807, 2.05) is 0 Å². The molecule has 1 aliphatic carbocycles. The fourth-order valence-corrected chi connectivity index (χ4v) is 3.92. The van der Waals surface area contributed by atoms with E-state index >= 15 is 0 Å². The zero-order valence-electron chi connectivity index (χ0n) is 12.0. The second-order valence-corrected chi connectivity index (χ2v) is 7.82. The van der Waals surface area contributed by atoms with Gasteiger partial charge >= 0.3 is 0 Å². The van der Waals surface area contributed by atoms with Gasteiger partial charge in [-0.25, -0.2) is 4.98 Å². The number of hydrogen-bond donors (Lipinski definition) is 0. The number of halogens is 2. The SMILES string of the molecule is CC1(C)CCC(n2c(CCCl)nc3ccc(Br)cc32)C1. The van der Waals surface area contributed by atoms with Crippen LogP contribution >= 0.6 is 27.5 Å². The average molecular weight is 356 g/mol. The van der Waals surface area contributed by atoms with E-state index in [1.54, 1.807) is 0 Å². The van der Waals surface area contributed by atoms with Gasteiger partial charge in [0.1, 0.15) is 5.82 Å².